The summed E-state index contributed by atoms with van der Waals surface area (Å²) in [6.45, 7) is 1.80. The molecule has 0 aliphatic heterocycles. The zero-order valence-electron chi connectivity index (χ0n) is 15.9. The van der Waals surface area contributed by atoms with E-state index in [0.717, 1.165) is 16.8 Å². The van der Waals surface area contributed by atoms with Crippen LogP contribution in [0.3, 0.4) is 0 Å². The molecule has 0 amide bonds. The first kappa shape index (κ1) is 17.5. The normalized spacial score (nSPS) is 11.3. The van der Waals surface area contributed by atoms with E-state index in [1.54, 1.807) is 11.6 Å². The first-order valence-electron chi connectivity index (χ1n) is 9.21. The molecule has 0 radical (unpaired) electrons. The van der Waals surface area contributed by atoms with Gasteiger partial charge in [-0.25, -0.2) is 4.98 Å². The van der Waals surface area contributed by atoms with Crippen molar-refractivity contribution < 1.29 is 0 Å². The minimum Gasteiger partial charge on any atom is -0.274 e. The van der Waals surface area contributed by atoms with E-state index in [1.165, 1.54) is 0 Å². The number of hydrogen-bond acceptors (Lipinski definition) is 6. The lowest BCUT2D eigenvalue weighted by molar-refractivity contribution is 0.809. The predicted octanol–water partition coefficient (Wildman–Crippen LogP) is 4.71. The van der Waals surface area contributed by atoms with Gasteiger partial charge in [0.05, 0.1) is 11.4 Å². The van der Waals surface area contributed by atoms with Crippen molar-refractivity contribution in [1.29, 1.82) is 5.26 Å². The summed E-state index contributed by atoms with van der Waals surface area (Å²) in [5.74, 6) is 0.826. The van der Waals surface area contributed by atoms with Crippen LogP contribution in [0, 0.1) is 18.3 Å². The molecule has 0 aliphatic carbocycles. The van der Waals surface area contributed by atoms with E-state index >= 15 is 0 Å². The van der Waals surface area contributed by atoms with Crippen LogP contribution in [0.15, 0.2) is 70.9 Å². The Hall–Kier alpha value is -4.58. The molecule has 0 unspecified atom stereocenters. The molecular formula is C21H15N9. The number of aromatic amines is 2. The molecule has 3 heterocycles. The molecule has 5 rings (SSSR count). The van der Waals surface area contributed by atoms with E-state index in [2.05, 4.69) is 41.7 Å². The Labute approximate surface area is 170 Å². The summed E-state index contributed by atoms with van der Waals surface area (Å²) in [5.41, 5.74) is 4.51. The Morgan fingerprint density at radius 3 is 2.27 bits per heavy atom. The van der Waals surface area contributed by atoms with Crippen LogP contribution >= 0.6 is 0 Å². The van der Waals surface area contributed by atoms with Crippen molar-refractivity contribution in [3.63, 3.8) is 0 Å². The van der Waals surface area contributed by atoms with Gasteiger partial charge >= 0.3 is 0 Å². The molecule has 3 aromatic heterocycles. The molecule has 0 saturated heterocycles. The smallest absolute Gasteiger partial charge is 0.213 e. The highest BCUT2D eigenvalue weighted by molar-refractivity contribution is 5.82. The van der Waals surface area contributed by atoms with Gasteiger partial charge in [-0.3, -0.25) is 10.2 Å². The first-order chi connectivity index (χ1) is 14.7. The van der Waals surface area contributed by atoms with Crippen LogP contribution in [0.25, 0.3) is 28.2 Å². The fraction of sp³-hybridized carbons (Fsp3) is 0.0476. The highest BCUT2D eigenvalue weighted by Gasteiger charge is 2.18. The molecule has 0 spiro atoms. The molecule has 2 N–H and O–H groups in total. The van der Waals surface area contributed by atoms with Crippen molar-refractivity contribution >= 4 is 17.2 Å². The zero-order valence-corrected chi connectivity index (χ0v) is 15.9. The van der Waals surface area contributed by atoms with Gasteiger partial charge in [0.1, 0.15) is 17.5 Å². The van der Waals surface area contributed by atoms with Gasteiger partial charge in [-0.2, -0.15) is 15.0 Å². The number of aromatic nitrogens is 6. The summed E-state index contributed by atoms with van der Waals surface area (Å²) >= 11 is 0. The summed E-state index contributed by atoms with van der Waals surface area (Å²) < 4.78 is 1.57. The van der Waals surface area contributed by atoms with Gasteiger partial charge in [-0.1, -0.05) is 60.7 Å². The fourth-order valence-electron chi connectivity index (χ4n) is 3.24. The number of rotatable bonds is 4. The van der Waals surface area contributed by atoms with Gasteiger partial charge < -0.3 is 0 Å². The first-order valence-corrected chi connectivity index (χ1v) is 9.21. The van der Waals surface area contributed by atoms with Crippen molar-refractivity contribution in [3.8, 4) is 28.6 Å². The maximum absolute atomic E-state index is 9.67. The average Bonchev–Trinajstić information content (AvgIpc) is 3.45. The molecule has 5 aromatic rings. The zero-order chi connectivity index (χ0) is 20.5. The van der Waals surface area contributed by atoms with Crippen LogP contribution in [0.2, 0.25) is 0 Å². The third kappa shape index (κ3) is 2.93. The predicted molar refractivity (Wildman–Crippen MR) is 110 cm³/mol. The van der Waals surface area contributed by atoms with Crippen molar-refractivity contribution in [3.05, 3.63) is 72.1 Å². The summed E-state index contributed by atoms with van der Waals surface area (Å²) in [5, 5.41) is 32.9. The van der Waals surface area contributed by atoms with Crippen LogP contribution in [0.4, 0.5) is 11.5 Å². The molecule has 2 aromatic carbocycles. The highest BCUT2D eigenvalue weighted by atomic mass is 15.5. The third-order valence-electron chi connectivity index (χ3n) is 4.61. The number of hydrogen-bond donors (Lipinski definition) is 2. The molecule has 0 saturated carbocycles. The Bertz CT molecular complexity index is 1400. The number of nitrogens with zero attached hydrogens (tertiary/aromatic N) is 7. The van der Waals surface area contributed by atoms with Crippen molar-refractivity contribution in [1.82, 2.24) is 30.0 Å². The average molecular weight is 393 g/mol. The van der Waals surface area contributed by atoms with Gasteiger partial charge in [-0.05, 0) is 6.92 Å². The van der Waals surface area contributed by atoms with Gasteiger partial charge in [0.25, 0.3) is 0 Å². The molecule has 0 fully saturated rings. The number of H-pyrrole nitrogens is 2. The number of nitrogens with one attached hydrogen (secondary N) is 2. The Morgan fingerprint density at radius 1 is 0.933 bits per heavy atom. The highest BCUT2D eigenvalue weighted by Crippen LogP contribution is 2.35. The Kier molecular flexibility index (Phi) is 4.15. The third-order valence-corrected chi connectivity index (χ3v) is 4.61. The molecule has 144 valence electrons. The number of benzene rings is 2. The summed E-state index contributed by atoms with van der Waals surface area (Å²) in [6.07, 6.45) is 0. The summed E-state index contributed by atoms with van der Waals surface area (Å²) in [7, 11) is 0. The number of azo groups is 1. The summed E-state index contributed by atoms with van der Waals surface area (Å²) in [4.78, 5) is 4.44. The van der Waals surface area contributed by atoms with Crippen molar-refractivity contribution in [2.75, 3.05) is 0 Å². The van der Waals surface area contributed by atoms with Crippen molar-refractivity contribution in [2.24, 2.45) is 10.2 Å². The van der Waals surface area contributed by atoms with E-state index in [1.807, 2.05) is 60.7 Å². The van der Waals surface area contributed by atoms with Gasteiger partial charge in [-0.15, -0.1) is 15.3 Å². The van der Waals surface area contributed by atoms with E-state index < -0.39 is 0 Å². The monoisotopic (exact) mass is 393 g/mol. The van der Waals surface area contributed by atoms with Crippen LogP contribution in [0.1, 0.15) is 11.4 Å². The van der Waals surface area contributed by atoms with E-state index in [4.69, 9.17) is 0 Å². The topological polar surface area (TPSA) is 123 Å². The van der Waals surface area contributed by atoms with Gasteiger partial charge in [0.2, 0.25) is 11.5 Å². The Balaban J connectivity index is 1.61. The van der Waals surface area contributed by atoms with E-state index in [9.17, 15) is 5.26 Å². The molecule has 30 heavy (non-hydrogen) atoms. The van der Waals surface area contributed by atoms with Gasteiger partial charge in [0, 0.05) is 11.1 Å². The molecular weight excluding hydrogens is 378 g/mol. The van der Waals surface area contributed by atoms with Crippen LogP contribution in [0.5, 0.6) is 0 Å². The molecule has 0 bridgehead atoms. The molecule has 9 heteroatoms. The van der Waals surface area contributed by atoms with Crippen molar-refractivity contribution in [2.45, 2.75) is 6.92 Å². The minimum atomic E-state index is 0.214. The number of aryl methyl sites for hydroxylation is 1. The second kappa shape index (κ2) is 7.10. The molecule has 0 atom stereocenters. The lowest BCUT2D eigenvalue weighted by Gasteiger charge is -1.98. The second-order valence-electron chi connectivity index (χ2n) is 6.57. The SMILES string of the molecule is Cc1nc2c(N=Nc3n[nH]c(-c4ccccc4)c3C#N)c(-c3ccccc3)[nH]n2n1. The maximum Gasteiger partial charge on any atom is 0.213 e. The lowest BCUT2D eigenvalue weighted by Crippen LogP contribution is -1.87. The van der Waals surface area contributed by atoms with Crippen LogP contribution in [-0.2, 0) is 0 Å². The van der Waals surface area contributed by atoms with Crippen LogP contribution in [-0.4, -0.2) is 30.0 Å². The molecule has 0 aliphatic rings. The lowest BCUT2D eigenvalue weighted by atomic mass is 10.1. The van der Waals surface area contributed by atoms with E-state index in [0.29, 0.717) is 28.4 Å². The standard InChI is InChI=1S/C21H15N9/c1-13-23-21-19(18(29-30(21)28-13)15-10-6-3-7-11-15)25-27-20-16(12-22)17(24-26-20)14-8-4-2-5-9-14/h2-11,29H,1H3,(H,24,26). The maximum atomic E-state index is 9.67. The van der Waals surface area contributed by atoms with E-state index in [-0.39, 0.29) is 5.82 Å². The fourth-order valence-corrected chi connectivity index (χ4v) is 3.24. The Morgan fingerprint density at radius 2 is 1.60 bits per heavy atom. The number of fused-ring (bicyclic) bond motifs is 1. The minimum absolute atomic E-state index is 0.214. The van der Waals surface area contributed by atoms with Gasteiger partial charge in [0.15, 0.2) is 5.69 Å². The second-order valence-corrected chi connectivity index (χ2v) is 6.57. The quantitative estimate of drug-likeness (QED) is 0.429. The van der Waals surface area contributed by atoms with Crippen LogP contribution < -0.4 is 0 Å². The summed E-state index contributed by atoms with van der Waals surface area (Å²) in [6, 6.07) is 21.4. The number of nitriles is 1. The largest absolute Gasteiger partial charge is 0.274 e. The molecule has 9 nitrogen and oxygen atoms in total.